The molecule has 0 N–H and O–H groups in total. The molecule has 0 saturated heterocycles. The van der Waals surface area contributed by atoms with Gasteiger partial charge >= 0.3 is 21.1 Å². The number of nitrogens with zero attached hydrogens (tertiary/aromatic N) is 4. The molecule has 5 aromatic carbocycles. The second kappa shape index (κ2) is 13.9. The minimum absolute atomic E-state index is 0. The van der Waals surface area contributed by atoms with Crippen LogP contribution < -0.4 is 4.98 Å². The summed E-state index contributed by atoms with van der Waals surface area (Å²) in [4.78, 5) is 15.4. The van der Waals surface area contributed by atoms with E-state index in [1.807, 2.05) is 24.4 Å². The van der Waals surface area contributed by atoms with Gasteiger partial charge in [0.1, 0.15) is 0 Å². The molecule has 9 rings (SSSR count). The SMILES string of the molecule is CC(C)(C)c1ccc(-c2ccccc2)c(-c2cc(-c3ccccn3)[c-]c(-c3ccc4c5ccccc5n(-c5cc6cc(C(C)(C)C)ccc6[n-]5)c4n3)c2)c1.[Pt+2]. The molecule has 0 bridgehead atoms. The van der Waals surface area contributed by atoms with Gasteiger partial charge in [0, 0.05) is 23.0 Å². The Kier molecular flexibility index (Phi) is 9.22. The molecule has 272 valence electrons. The van der Waals surface area contributed by atoms with Crippen molar-refractivity contribution in [1.82, 2.24) is 19.5 Å². The minimum Gasteiger partial charge on any atom is -0.435 e. The van der Waals surface area contributed by atoms with Crippen molar-refractivity contribution in [2.45, 2.75) is 52.4 Å². The van der Waals surface area contributed by atoms with Crippen molar-refractivity contribution in [3.8, 4) is 50.6 Å². The molecule has 0 fully saturated rings. The van der Waals surface area contributed by atoms with E-state index in [9.17, 15) is 0 Å². The summed E-state index contributed by atoms with van der Waals surface area (Å²) in [7, 11) is 0. The van der Waals surface area contributed by atoms with E-state index >= 15 is 0 Å². The first-order chi connectivity index (χ1) is 26.0. The summed E-state index contributed by atoms with van der Waals surface area (Å²) < 4.78 is 2.22. The van der Waals surface area contributed by atoms with Crippen molar-refractivity contribution < 1.29 is 21.1 Å². The fourth-order valence-electron chi connectivity index (χ4n) is 7.51. The van der Waals surface area contributed by atoms with E-state index in [-0.39, 0.29) is 31.9 Å². The van der Waals surface area contributed by atoms with E-state index in [0.717, 1.165) is 66.7 Å². The predicted molar refractivity (Wildman–Crippen MR) is 225 cm³/mol. The molecule has 0 amide bonds. The van der Waals surface area contributed by atoms with Crippen LogP contribution in [0.5, 0.6) is 0 Å². The molecule has 5 heteroatoms. The maximum atomic E-state index is 5.46. The number of aromatic nitrogens is 4. The number of fused-ring (bicyclic) bond motifs is 4. The van der Waals surface area contributed by atoms with Gasteiger partial charge in [-0.25, -0.2) is 0 Å². The average Bonchev–Trinajstić information content (AvgIpc) is 3.75. The third kappa shape index (κ3) is 6.74. The molecule has 4 nitrogen and oxygen atoms in total. The zero-order valence-corrected chi connectivity index (χ0v) is 34.2. The van der Waals surface area contributed by atoms with Crippen LogP contribution in [0.4, 0.5) is 0 Å². The van der Waals surface area contributed by atoms with Gasteiger partial charge < -0.3 is 9.55 Å². The third-order valence-electron chi connectivity index (χ3n) is 10.5. The molecule has 0 atom stereocenters. The zero-order chi connectivity index (χ0) is 37.2. The molecular formula is C50H42N4Pt. The standard InChI is InChI=1S/C50H42N4.Pt/c1-49(2,3)37-20-23-44-36(29-37)30-47(52-44)54-46-18-11-10-16-40(46)41-22-24-45(53-48(41)54)35-27-33(26-34(28-35)43-17-12-13-25-51-43)42-31-38(50(4,5)6)19-21-39(42)32-14-8-7-9-15-32;/h7-27,29-31H,1-6H3;/q-2;+2. The Morgan fingerprint density at radius 1 is 0.564 bits per heavy atom. The van der Waals surface area contributed by atoms with Gasteiger partial charge in [0.05, 0.1) is 5.65 Å². The fourth-order valence-corrected chi connectivity index (χ4v) is 7.51. The second-order valence-corrected chi connectivity index (χ2v) is 16.3. The summed E-state index contributed by atoms with van der Waals surface area (Å²) >= 11 is 0. The van der Waals surface area contributed by atoms with Gasteiger partial charge in [0.15, 0.2) is 0 Å². The van der Waals surface area contributed by atoms with Crippen LogP contribution in [-0.4, -0.2) is 14.5 Å². The van der Waals surface area contributed by atoms with E-state index in [1.165, 1.54) is 27.8 Å². The Bertz CT molecular complexity index is 2830. The van der Waals surface area contributed by atoms with Crippen molar-refractivity contribution in [3.05, 3.63) is 163 Å². The van der Waals surface area contributed by atoms with E-state index in [1.54, 1.807) is 0 Å². The summed E-state index contributed by atoms with van der Waals surface area (Å²) in [6, 6.07) is 53.4. The summed E-state index contributed by atoms with van der Waals surface area (Å²) in [6.07, 6.45) is 1.84. The van der Waals surface area contributed by atoms with Gasteiger partial charge in [-0.2, -0.15) is 0 Å². The molecule has 0 aliphatic heterocycles. The number of benzene rings is 5. The van der Waals surface area contributed by atoms with Gasteiger partial charge in [-0.1, -0.05) is 185 Å². The normalized spacial score (nSPS) is 12.0. The molecule has 0 unspecified atom stereocenters. The van der Waals surface area contributed by atoms with Crippen LogP contribution in [-0.2, 0) is 31.9 Å². The fraction of sp³-hybridized carbons (Fsp3) is 0.160. The number of rotatable bonds is 5. The number of hydrogen-bond acceptors (Lipinski definition) is 2. The van der Waals surface area contributed by atoms with E-state index in [4.69, 9.17) is 15.0 Å². The molecule has 4 aromatic heterocycles. The van der Waals surface area contributed by atoms with Gasteiger partial charge in [0.25, 0.3) is 0 Å². The number of pyridine rings is 2. The monoisotopic (exact) mass is 893 g/mol. The van der Waals surface area contributed by atoms with Crippen LogP contribution in [0.15, 0.2) is 146 Å². The number of para-hydroxylation sites is 1. The molecule has 0 radical (unpaired) electrons. The maximum Gasteiger partial charge on any atom is 2.00 e. The van der Waals surface area contributed by atoms with Crippen molar-refractivity contribution in [1.29, 1.82) is 0 Å². The van der Waals surface area contributed by atoms with Crippen LogP contribution >= 0.6 is 0 Å². The summed E-state index contributed by atoms with van der Waals surface area (Å²) in [5.74, 6) is 0.866. The Labute approximate surface area is 337 Å². The first kappa shape index (κ1) is 36.4. The van der Waals surface area contributed by atoms with Crippen molar-refractivity contribution in [3.63, 3.8) is 0 Å². The van der Waals surface area contributed by atoms with E-state index in [2.05, 4.69) is 174 Å². The first-order valence-electron chi connectivity index (χ1n) is 18.7. The van der Waals surface area contributed by atoms with Crippen molar-refractivity contribution in [2.75, 3.05) is 0 Å². The second-order valence-electron chi connectivity index (χ2n) is 16.3. The summed E-state index contributed by atoms with van der Waals surface area (Å²) in [6.45, 7) is 13.6. The third-order valence-corrected chi connectivity index (χ3v) is 10.5. The van der Waals surface area contributed by atoms with Gasteiger partial charge in [-0.15, -0.1) is 18.2 Å². The molecule has 0 saturated carbocycles. The van der Waals surface area contributed by atoms with Gasteiger partial charge in [-0.3, -0.25) is 9.97 Å². The Morgan fingerprint density at radius 3 is 2.00 bits per heavy atom. The smallest absolute Gasteiger partial charge is 0.435 e. The van der Waals surface area contributed by atoms with Crippen LogP contribution in [0.2, 0.25) is 0 Å². The molecular weight excluding hydrogens is 852 g/mol. The minimum atomic E-state index is -0.0223. The average molecular weight is 894 g/mol. The predicted octanol–water partition coefficient (Wildman–Crippen LogP) is 12.7. The molecule has 4 heterocycles. The molecule has 0 spiro atoms. The van der Waals surface area contributed by atoms with Crippen LogP contribution in [0, 0.1) is 6.07 Å². The van der Waals surface area contributed by atoms with Gasteiger partial charge in [0.2, 0.25) is 0 Å². The Hall–Kier alpha value is -5.57. The molecule has 0 aliphatic rings. The summed E-state index contributed by atoms with van der Waals surface area (Å²) in [5.41, 5.74) is 13.7. The van der Waals surface area contributed by atoms with Crippen LogP contribution in [0.3, 0.4) is 0 Å². The molecule has 0 aliphatic carbocycles. The van der Waals surface area contributed by atoms with E-state index in [0.29, 0.717) is 0 Å². The van der Waals surface area contributed by atoms with Crippen molar-refractivity contribution >= 4 is 32.8 Å². The zero-order valence-electron chi connectivity index (χ0n) is 32.0. The summed E-state index contributed by atoms with van der Waals surface area (Å²) in [5, 5.41) is 3.36. The van der Waals surface area contributed by atoms with Crippen LogP contribution in [0.1, 0.15) is 52.7 Å². The Morgan fingerprint density at radius 2 is 1.25 bits per heavy atom. The van der Waals surface area contributed by atoms with Crippen molar-refractivity contribution in [2.24, 2.45) is 0 Å². The van der Waals surface area contributed by atoms with Gasteiger partial charge in [-0.05, 0) is 66.5 Å². The Balaban J connectivity index is 0.00000427. The largest absolute Gasteiger partial charge is 2.00 e. The quantitative estimate of drug-likeness (QED) is 0.162. The topological polar surface area (TPSA) is 44.8 Å². The molecule has 55 heavy (non-hydrogen) atoms. The molecule has 9 aromatic rings. The first-order valence-corrected chi connectivity index (χ1v) is 18.7. The number of hydrogen-bond donors (Lipinski definition) is 0. The van der Waals surface area contributed by atoms with E-state index < -0.39 is 0 Å². The van der Waals surface area contributed by atoms with Crippen LogP contribution in [0.25, 0.3) is 83.4 Å². The maximum absolute atomic E-state index is 5.46.